The summed E-state index contributed by atoms with van der Waals surface area (Å²) in [6.45, 7) is 4.47. The van der Waals surface area contributed by atoms with E-state index in [-0.39, 0.29) is 17.4 Å². The van der Waals surface area contributed by atoms with Crippen molar-refractivity contribution in [3.05, 3.63) is 0 Å². The van der Waals surface area contributed by atoms with Crippen molar-refractivity contribution in [2.75, 3.05) is 6.54 Å². The van der Waals surface area contributed by atoms with Gasteiger partial charge in [-0.2, -0.15) is 0 Å². The summed E-state index contributed by atoms with van der Waals surface area (Å²) < 4.78 is 0. The molecule has 4 heteroatoms. The van der Waals surface area contributed by atoms with Gasteiger partial charge in [0.15, 0.2) is 0 Å². The Labute approximate surface area is 110 Å². The number of carbonyl (C=O) groups excluding carboxylic acids is 1. The SMILES string of the molecule is CCC(CC)C(O)CNC(=O)CC1(N)CCCC1. The Morgan fingerprint density at radius 1 is 1.33 bits per heavy atom. The van der Waals surface area contributed by atoms with Crippen molar-refractivity contribution >= 4 is 5.91 Å². The van der Waals surface area contributed by atoms with E-state index in [9.17, 15) is 9.90 Å². The molecule has 0 saturated heterocycles. The maximum atomic E-state index is 11.8. The number of nitrogens with two attached hydrogens (primary N) is 1. The predicted octanol–water partition coefficient (Wildman–Crippen LogP) is 1.56. The number of aliphatic hydroxyl groups is 1. The summed E-state index contributed by atoms with van der Waals surface area (Å²) in [5.41, 5.74) is 5.85. The normalized spacial score (nSPS) is 20.1. The number of nitrogens with one attached hydrogen (secondary N) is 1. The second-order valence-electron chi connectivity index (χ2n) is 5.69. The Morgan fingerprint density at radius 2 is 1.89 bits per heavy atom. The first kappa shape index (κ1) is 15.4. The monoisotopic (exact) mass is 256 g/mol. The van der Waals surface area contributed by atoms with E-state index in [2.05, 4.69) is 19.2 Å². The minimum atomic E-state index is -0.443. The standard InChI is InChI=1S/C14H28N2O2/c1-3-11(4-2)12(17)10-16-13(18)9-14(15)7-5-6-8-14/h11-12,17H,3-10,15H2,1-2H3,(H,16,18). The number of aliphatic hydroxyl groups excluding tert-OH is 1. The maximum Gasteiger partial charge on any atom is 0.221 e. The van der Waals surface area contributed by atoms with E-state index in [0.29, 0.717) is 13.0 Å². The van der Waals surface area contributed by atoms with Crippen molar-refractivity contribution < 1.29 is 9.90 Å². The highest BCUT2D eigenvalue weighted by Crippen LogP contribution is 2.29. The average Bonchev–Trinajstić information content (AvgIpc) is 2.74. The zero-order valence-electron chi connectivity index (χ0n) is 11.7. The second-order valence-corrected chi connectivity index (χ2v) is 5.69. The summed E-state index contributed by atoms with van der Waals surface area (Å²) >= 11 is 0. The molecule has 1 fully saturated rings. The van der Waals surface area contributed by atoms with Gasteiger partial charge in [0.2, 0.25) is 5.91 Å². The van der Waals surface area contributed by atoms with Crippen molar-refractivity contribution in [2.45, 2.75) is 70.4 Å². The number of hydrogen-bond acceptors (Lipinski definition) is 3. The maximum absolute atomic E-state index is 11.8. The summed E-state index contributed by atoms with van der Waals surface area (Å²) in [4.78, 5) is 11.8. The van der Waals surface area contributed by atoms with Crippen LogP contribution in [0.2, 0.25) is 0 Å². The molecule has 18 heavy (non-hydrogen) atoms. The zero-order valence-corrected chi connectivity index (χ0v) is 11.7. The van der Waals surface area contributed by atoms with Crippen molar-refractivity contribution in [2.24, 2.45) is 11.7 Å². The van der Waals surface area contributed by atoms with E-state index < -0.39 is 6.10 Å². The van der Waals surface area contributed by atoms with Gasteiger partial charge in [0, 0.05) is 18.5 Å². The van der Waals surface area contributed by atoms with Gasteiger partial charge < -0.3 is 16.2 Å². The third-order valence-corrected chi connectivity index (χ3v) is 4.21. The first-order chi connectivity index (χ1) is 8.50. The van der Waals surface area contributed by atoms with E-state index in [1.54, 1.807) is 0 Å². The summed E-state index contributed by atoms with van der Waals surface area (Å²) in [7, 11) is 0. The summed E-state index contributed by atoms with van der Waals surface area (Å²) in [6, 6.07) is 0. The number of amides is 1. The smallest absolute Gasteiger partial charge is 0.221 e. The van der Waals surface area contributed by atoms with E-state index in [1.807, 2.05) is 0 Å². The van der Waals surface area contributed by atoms with Gasteiger partial charge in [-0.3, -0.25) is 4.79 Å². The van der Waals surface area contributed by atoms with E-state index in [0.717, 1.165) is 38.5 Å². The third-order valence-electron chi connectivity index (χ3n) is 4.21. The quantitative estimate of drug-likeness (QED) is 0.647. The van der Waals surface area contributed by atoms with Gasteiger partial charge in [-0.1, -0.05) is 39.5 Å². The highest BCUT2D eigenvalue weighted by Gasteiger charge is 2.31. The lowest BCUT2D eigenvalue weighted by Crippen LogP contribution is -2.44. The number of rotatable bonds is 7. The molecule has 0 radical (unpaired) electrons. The van der Waals surface area contributed by atoms with Gasteiger partial charge in [-0.15, -0.1) is 0 Å². The van der Waals surface area contributed by atoms with E-state index in [1.165, 1.54) is 0 Å². The van der Waals surface area contributed by atoms with Crippen molar-refractivity contribution in [1.82, 2.24) is 5.32 Å². The number of carbonyl (C=O) groups is 1. The molecule has 0 heterocycles. The molecule has 0 bridgehead atoms. The van der Waals surface area contributed by atoms with Crippen LogP contribution in [0.15, 0.2) is 0 Å². The van der Waals surface area contributed by atoms with Crippen molar-refractivity contribution in [3.8, 4) is 0 Å². The molecule has 1 rings (SSSR count). The molecule has 0 aromatic carbocycles. The van der Waals surface area contributed by atoms with Gasteiger partial charge in [0.25, 0.3) is 0 Å². The van der Waals surface area contributed by atoms with E-state index in [4.69, 9.17) is 5.73 Å². The average molecular weight is 256 g/mol. The summed E-state index contributed by atoms with van der Waals surface area (Å²) in [5, 5.41) is 12.8. The van der Waals surface area contributed by atoms with Gasteiger partial charge >= 0.3 is 0 Å². The Morgan fingerprint density at radius 3 is 2.39 bits per heavy atom. The van der Waals surface area contributed by atoms with Crippen LogP contribution in [-0.4, -0.2) is 29.2 Å². The molecular weight excluding hydrogens is 228 g/mol. The molecule has 1 aliphatic rings. The first-order valence-electron chi connectivity index (χ1n) is 7.24. The largest absolute Gasteiger partial charge is 0.391 e. The fourth-order valence-electron chi connectivity index (χ4n) is 2.86. The molecule has 0 aromatic rings. The lowest BCUT2D eigenvalue weighted by atomic mass is 9.94. The summed E-state index contributed by atoms with van der Waals surface area (Å²) in [6.07, 6.45) is 5.96. The molecule has 0 spiro atoms. The van der Waals surface area contributed by atoms with Gasteiger partial charge in [0.05, 0.1) is 6.10 Å². The van der Waals surface area contributed by atoms with Gasteiger partial charge in [-0.25, -0.2) is 0 Å². The predicted molar refractivity (Wildman–Crippen MR) is 73.1 cm³/mol. The fraction of sp³-hybridized carbons (Fsp3) is 0.929. The van der Waals surface area contributed by atoms with Crippen LogP contribution in [0.5, 0.6) is 0 Å². The molecule has 0 aliphatic heterocycles. The molecule has 1 aliphatic carbocycles. The lowest BCUT2D eigenvalue weighted by molar-refractivity contribution is -0.122. The topological polar surface area (TPSA) is 75.3 Å². The van der Waals surface area contributed by atoms with Crippen LogP contribution in [0.4, 0.5) is 0 Å². The molecule has 1 saturated carbocycles. The Hall–Kier alpha value is -0.610. The highest BCUT2D eigenvalue weighted by molar-refractivity contribution is 5.77. The Bertz CT molecular complexity index is 259. The molecule has 4 N–H and O–H groups in total. The highest BCUT2D eigenvalue weighted by atomic mass is 16.3. The minimum Gasteiger partial charge on any atom is -0.391 e. The molecular formula is C14H28N2O2. The van der Waals surface area contributed by atoms with Gasteiger partial charge in [0.1, 0.15) is 0 Å². The molecule has 106 valence electrons. The number of hydrogen-bond donors (Lipinski definition) is 3. The van der Waals surface area contributed by atoms with Gasteiger partial charge in [-0.05, 0) is 18.8 Å². The van der Waals surface area contributed by atoms with Crippen LogP contribution in [0, 0.1) is 5.92 Å². The lowest BCUT2D eigenvalue weighted by Gasteiger charge is -2.24. The van der Waals surface area contributed by atoms with Crippen LogP contribution >= 0.6 is 0 Å². The van der Waals surface area contributed by atoms with Crippen LogP contribution in [-0.2, 0) is 4.79 Å². The molecule has 1 amide bonds. The second kappa shape index (κ2) is 7.10. The zero-order chi connectivity index (χ0) is 13.6. The van der Waals surface area contributed by atoms with Crippen LogP contribution in [0.25, 0.3) is 0 Å². The molecule has 1 atom stereocenters. The minimum absolute atomic E-state index is 0.0237. The third kappa shape index (κ3) is 4.58. The first-order valence-corrected chi connectivity index (χ1v) is 7.24. The van der Waals surface area contributed by atoms with Crippen LogP contribution in [0.1, 0.15) is 58.8 Å². The summed E-state index contributed by atoms with van der Waals surface area (Å²) in [5.74, 6) is 0.244. The van der Waals surface area contributed by atoms with Crippen LogP contribution < -0.4 is 11.1 Å². The van der Waals surface area contributed by atoms with Crippen LogP contribution in [0.3, 0.4) is 0 Å². The van der Waals surface area contributed by atoms with E-state index >= 15 is 0 Å². The molecule has 0 aromatic heterocycles. The Balaban J connectivity index is 2.28. The molecule has 1 unspecified atom stereocenters. The molecule has 4 nitrogen and oxygen atoms in total. The Kier molecular flexibility index (Phi) is 6.09. The van der Waals surface area contributed by atoms with Crippen molar-refractivity contribution in [1.29, 1.82) is 0 Å². The van der Waals surface area contributed by atoms with Crippen molar-refractivity contribution in [3.63, 3.8) is 0 Å². The fourth-order valence-corrected chi connectivity index (χ4v) is 2.86.